The van der Waals surface area contributed by atoms with Crippen molar-refractivity contribution in [2.45, 2.75) is 19.4 Å². The smallest absolute Gasteiger partial charge is 0.0991 e. The van der Waals surface area contributed by atoms with E-state index in [1.165, 1.54) is 11.3 Å². The molecule has 62 valence electrons. The zero-order chi connectivity index (χ0) is 8.43. The maximum absolute atomic E-state index is 5.87. The molecule has 1 aromatic heterocycles. The average molecular weight is 210 g/mol. The Balaban J connectivity index is 2.93. The zero-order valence-electron chi connectivity index (χ0n) is 6.10. The highest BCUT2D eigenvalue weighted by molar-refractivity contribution is 7.20. The van der Waals surface area contributed by atoms with Gasteiger partial charge in [0.05, 0.1) is 8.67 Å². The largest absolute Gasteiger partial charge is 0.324 e. The highest BCUT2D eigenvalue weighted by atomic mass is 35.5. The van der Waals surface area contributed by atoms with Crippen LogP contribution in [-0.4, -0.2) is 0 Å². The SMILES string of the molecule is CC[C@@H](N)c1cc(Cl)sc1Cl. The molecule has 0 aliphatic rings. The molecule has 0 bridgehead atoms. The van der Waals surface area contributed by atoms with Crippen molar-refractivity contribution in [1.29, 1.82) is 0 Å². The van der Waals surface area contributed by atoms with Gasteiger partial charge >= 0.3 is 0 Å². The van der Waals surface area contributed by atoms with Crippen molar-refractivity contribution in [2.24, 2.45) is 5.73 Å². The molecule has 1 nitrogen and oxygen atoms in total. The van der Waals surface area contributed by atoms with Crippen molar-refractivity contribution >= 4 is 34.5 Å². The maximum Gasteiger partial charge on any atom is 0.0991 e. The van der Waals surface area contributed by atoms with E-state index in [0.29, 0.717) is 8.67 Å². The maximum atomic E-state index is 5.87. The Hall–Kier alpha value is 0.240. The fourth-order valence-electron chi connectivity index (χ4n) is 0.826. The third-order valence-corrected chi connectivity index (χ3v) is 3.04. The van der Waals surface area contributed by atoms with Gasteiger partial charge in [0.25, 0.3) is 0 Å². The number of nitrogens with two attached hydrogens (primary N) is 1. The molecular formula is C7H9Cl2NS. The Kier molecular flexibility index (Phi) is 3.19. The van der Waals surface area contributed by atoms with E-state index in [0.717, 1.165) is 12.0 Å². The lowest BCUT2D eigenvalue weighted by Gasteiger charge is -2.05. The monoisotopic (exact) mass is 209 g/mol. The molecule has 0 aliphatic carbocycles. The van der Waals surface area contributed by atoms with Crippen molar-refractivity contribution in [1.82, 2.24) is 0 Å². The van der Waals surface area contributed by atoms with Crippen LogP contribution in [0.1, 0.15) is 24.9 Å². The fourth-order valence-corrected chi connectivity index (χ4v) is 2.42. The van der Waals surface area contributed by atoms with Gasteiger partial charge in [0.1, 0.15) is 0 Å². The second-order valence-electron chi connectivity index (χ2n) is 2.29. The van der Waals surface area contributed by atoms with Gasteiger partial charge in [-0.1, -0.05) is 30.1 Å². The third-order valence-electron chi connectivity index (χ3n) is 1.52. The van der Waals surface area contributed by atoms with E-state index in [9.17, 15) is 0 Å². The Bertz CT molecular complexity index is 247. The average Bonchev–Trinajstić information content (AvgIpc) is 2.28. The van der Waals surface area contributed by atoms with Crippen LogP contribution in [0, 0.1) is 0 Å². The summed E-state index contributed by atoms with van der Waals surface area (Å²) in [4.78, 5) is 0. The van der Waals surface area contributed by atoms with Gasteiger partial charge in [0.2, 0.25) is 0 Å². The van der Waals surface area contributed by atoms with Gasteiger partial charge in [-0.15, -0.1) is 11.3 Å². The lowest BCUT2D eigenvalue weighted by Crippen LogP contribution is -2.07. The van der Waals surface area contributed by atoms with Crippen LogP contribution >= 0.6 is 34.5 Å². The van der Waals surface area contributed by atoms with Crippen molar-refractivity contribution in [2.75, 3.05) is 0 Å². The predicted molar refractivity (Wildman–Crippen MR) is 51.6 cm³/mol. The molecule has 1 heterocycles. The number of halogens is 2. The van der Waals surface area contributed by atoms with Crippen LogP contribution in [0.3, 0.4) is 0 Å². The first kappa shape index (κ1) is 9.33. The normalized spacial score (nSPS) is 13.5. The van der Waals surface area contributed by atoms with E-state index < -0.39 is 0 Å². The molecular weight excluding hydrogens is 201 g/mol. The minimum atomic E-state index is 0.0197. The minimum Gasteiger partial charge on any atom is -0.324 e. The van der Waals surface area contributed by atoms with Crippen LogP contribution in [0.15, 0.2) is 6.07 Å². The molecule has 0 fully saturated rings. The standard InChI is InChI=1S/C7H9Cl2NS/c1-2-5(10)4-3-6(8)11-7(4)9/h3,5H,2,10H2,1H3/t5-/m1/s1. The summed E-state index contributed by atoms with van der Waals surface area (Å²) in [6.45, 7) is 2.02. The van der Waals surface area contributed by atoms with Crippen molar-refractivity contribution in [3.63, 3.8) is 0 Å². The van der Waals surface area contributed by atoms with Crippen molar-refractivity contribution in [3.8, 4) is 0 Å². The summed E-state index contributed by atoms with van der Waals surface area (Å²) >= 11 is 13.0. The van der Waals surface area contributed by atoms with Gasteiger partial charge in [-0.05, 0) is 18.1 Å². The Labute approximate surface area is 80.1 Å². The summed E-state index contributed by atoms with van der Waals surface area (Å²) in [5.41, 5.74) is 6.73. The Morgan fingerprint density at radius 1 is 1.64 bits per heavy atom. The quantitative estimate of drug-likeness (QED) is 0.794. The van der Waals surface area contributed by atoms with Crippen molar-refractivity contribution < 1.29 is 0 Å². The van der Waals surface area contributed by atoms with Crippen LogP contribution in [-0.2, 0) is 0 Å². The molecule has 0 aliphatic heterocycles. The fraction of sp³-hybridized carbons (Fsp3) is 0.429. The Morgan fingerprint density at radius 3 is 2.64 bits per heavy atom. The first-order chi connectivity index (χ1) is 5.15. The predicted octanol–water partition coefficient (Wildman–Crippen LogP) is 3.46. The first-order valence-corrected chi connectivity index (χ1v) is 4.92. The second kappa shape index (κ2) is 3.76. The van der Waals surface area contributed by atoms with Gasteiger partial charge < -0.3 is 5.73 Å². The van der Waals surface area contributed by atoms with Gasteiger partial charge in [-0.25, -0.2) is 0 Å². The van der Waals surface area contributed by atoms with Crippen LogP contribution in [0.25, 0.3) is 0 Å². The van der Waals surface area contributed by atoms with Gasteiger partial charge in [-0.3, -0.25) is 0 Å². The first-order valence-electron chi connectivity index (χ1n) is 3.35. The summed E-state index contributed by atoms with van der Waals surface area (Å²) in [6.07, 6.45) is 0.882. The lowest BCUT2D eigenvalue weighted by molar-refractivity contribution is 0.702. The number of rotatable bonds is 2. The molecule has 0 saturated heterocycles. The van der Waals surface area contributed by atoms with Crippen molar-refractivity contribution in [3.05, 3.63) is 20.3 Å². The van der Waals surface area contributed by atoms with E-state index in [4.69, 9.17) is 28.9 Å². The number of thiophene rings is 1. The molecule has 1 aromatic rings. The molecule has 1 atom stereocenters. The minimum absolute atomic E-state index is 0.0197. The molecule has 0 radical (unpaired) electrons. The topological polar surface area (TPSA) is 26.0 Å². The van der Waals surface area contributed by atoms with Gasteiger partial charge in [-0.2, -0.15) is 0 Å². The Morgan fingerprint density at radius 2 is 2.27 bits per heavy atom. The summed E-state index contributed by atoms with van der Waals surface area (Å²) in [7, 11) is 0. The van der Waals surface area contributed by atoms with Crippen LogP contribution in [0.5, 0.6) is 0 Å². The van der Waals surface area contributed by atoms with Crippen LogP contribution in [0.2, 0.25) is 8.67 Å². The van der Waals surface area contributed by atoms with Crippen LogP contribution < -0.4 is 5.73 Å². The number of hydrogen-bond donors (Lipinski definition) is 1. The molecule has 0 amide bonds. The molecule has 0 unspecified atom stereocenters. The van der Waals surface area contributed by atoms with Crippen LogP contribution in [0.4, 0.5) is 0 Å². The van der Waals surface area contributed by atoms with E-state index in [1.807, 2.05) is 13.0 Å². The molecule has 11 heavy (non-hydrogen) atoms. The van der Waals surface area contributed by atoms with E-state index in [1.54, 1.807) is 0 Å². The summed E-state index contributed by atoms with van der Waals surface area (Å²) < 4.78 is 1.42. The summed E-state index contributed by atoms with van der Waals surface area (Å²) in [5.74, 6) is 0. The second-order valence-corrected chi connectivity index (χ2v) is 4.58. The van der Waals surface area contributed by atoms with E-state index >= 15 is 0 Å². The highest BCUT2D eigenvalue weighted by Gasteiger charge is 2.11. The molecule has 4 heteroatoms. The number of hydrogen-bond acceptors (Lipinski definition) is 2. The molecule has 2 N–H and O–H groups in total. The molecule has 0 aromatic carbocycles. The highest BCUT2D eigenvalue weighted by Crippen LogP contribution is 2.34. The van der Waals surface area contributed by atoms with E-state index in [-0.39, 0.29) is 6.04 Å². The van der Waals surface area contributed by atoms with E-state index in [2.05, 4.69) is 0 Å². The summed E-state index contributed by atoms with van der Waals surface area (Å²) in [5, 5.41) is 0. The molecule has 0 saturated carbocycles. The third kappa shape index (κ3) is 2.09. The van der Waals surface area contributed by atoms with Gasteiger partial charge in [0.15, 0.2) is 0 Å². The molecule has 0 spiro atoms. The summed E-state index contributed by atoms with van der Waals surface area (Å²) in [6, 6.07) is 1.86. The molecule has 1 rings (SSSR count). The lowest BCUT2D eigenvalue weighted by atomic mass is 10.1. The van der Waals surface area contributed by atoms with Gasteiger partial charge in [0, 0.05) is 6.04 Å². The zero-order valence-corrected chi connectivity index (χ0v) is 8.43.